The molecule has 0 unspecified atom stereocenters. The summed E-state index contributed by atoms with van der Waals surface area (Å²) in [6.45, 7) is 12.0. The molecule has 27 heavy (non-hydrogen) atoms. The molecule has 0 fully saturated rings. The summed E-state index contributed by atoms with van der Waals surface area (Å²) in [5.41, 5.74) is 16.2. The van der Waals surface area contributed by atoms with E-state index in [2.05, 4.69) is 65.0 Å². The topological polar surface area (TPSA) is 89.3 Å². The molecule has 0 aromatic heterocycles. The van der Waals surface area contributed by atoms with Gasteiger partial charge in [0, 0.05) is 13.1 Å². The second kappa shape index (κ2) is 13.3. The molecule has 0 aromatic carbocycles. The molecule has 152 valence electrons. The van der Waals surface area contributed by atoms with Gasteiger partial charge in [-0.15, -0.1) is 0 Å². The molecule has 0 radical (unpaired) electrons. The average molecular weight is 375 g/mol. The molecule has 0 aromatic rings. The highest BCUT2D eigenvalue weighted by molar-refractivity contribution is 5.66. The third-order valence-corrected chi connectivity index (χ3v) is 4.57. The van der Waals surface area contributed by atoms with Crippen molar-refractivity contribution in [2.75, 3.05) is 13.1 Å². The SMILES string of the molecule is CC(C=CC1=C(C)CCCC1(C)C)=CC=CC(C)=CCN.NCCC(=O)O. The Labute approximate surface area is 165 Å². The monoisotopic (exact) mass is 374 g/mol. The minimum absolute atomic E-state index is 0.0694. The third kappa shape index (κ3) is 11.4. The first kappa shape index (κ1) is 25.1. The number of allylic oxidation sites excluding steroid dienone is 9. The van der Waals surface area contributed by atoms with Crippen molar-refractivity contribution >= 4 is 5.97 Å². The molecule has 1 aliphatic carbocycles. The minimum Gasteiger partial charge on any atom is -0.481 e. The summed E-state index contributed by atoms with van der Waals surface area (Å²) in [7, 11) is 0. The highest BCUT2D eigenvalue weighted by Gasteiger charge is 2.26. The second-order valence-electron chi connectivity index (χ2n) is 7.65. The molecule has 0 saturated carbocycles. The van der Waals surface area contributed by atoms with Gasteiger partial charge in [-0.3, -0.25) is 4.79 Å². The summed E-state index contributed by atoms with van der Waals surface area (Å²) in [5, 5.41) is 7.83. The molecule has 4 heteroatoms. The van der Waals surface area contributed by atoms with Gasteiger partial charge in [0.25, 0.3) is 0 Å². The lowest BCUT2D eigenvalue weighted by atomic mass is 9.72. The molecule has 5 N–H and O–H groups in total. The second-order valence-corrected chi connectivity index (χ2v) is 7.65. The Kier molecular flexibility index (Phi) is 12.3. The van der Waals surface area contributed by atoms with Crippen molar-refractivity contribution in [1.29, 1.82) is 0 Å². The van der Waals surface area contributed by atoms with E-state index < -0.39 is 5.97 Å². The molecule has 0 atom stereocenters. The van der Waals surface area contributed by atoms with Crippen molar-refractivity contribution in [3.05, 3.63) is 58.7 Å². The highest BCUT2D eigenvalue weighted by Crippen LogP contribution is 2.40. The van der Waals surface area contributed by atoms with Crippen LogP contribution < -0.4 is 11.5 Å². The number of carboxylic acids is 1. The fourth-order valence-corrected chi connectivity index (χ4v) is 3.01. The van der Waals surface area contributed by atoms with Gasteiger partial charge >= 0.3 is 5.97 Å². The number of hydrogen-bond acceptors (Lipinski definition) is 3. The van der Waals surface area contributed by atoms with Gasteiger partial charge in [-0.05, 0) is 51.0 Å². The third-order valence-electron chi connectivity index (χ3n) is 4.57. The van der Waals surface area contributed by atoms with E-state index in [0.29, 0.717) is 12.0 Å². The Morgan fingerprint density at radius 1 is 1.19 bits per heavy atom. The van der Waals surface area contributed by atoms with Crippen LogP contribution in [0.2, 0.25) is 0 Å². The Bertz CT molecular complexity index is 620. The zero-order valence-corrected chi connectivity index (χ0v) is 17.7. The fourth-order valence-electron chi connectivity index (χ4n) is 3.01. The molecule has 0 bridgehead atoms. The van der Waals surface area contributed by atoms with Crippen LogP contribution in [0.1, 0.15) is 60.3 Å². The molecule has 0 heterocycles. The lowest BCUT2D eigenvalue weighted by Crippen LogP contribution is -2.19. The summed E-state index contributed by atoms with van der Waals surface area (Å²) in [5.74, 6) is -0.836. The van der Waals surface area contributed by atoms with Crippen LogP contribution in [0.3, 0.4) is 0 Å². The van der Waals surface area contributed by atoms with Crippen molar-refractivity contribution in [2.24, 2.45) is 16.9 Å². The molecular weight excluding hydrogens is 336 g/mol. The maximum absolute atomic E-state index is 9.52. The Morgan fingerprint density at radius 3 is 2.33 bits per heavy atom. The highest BCUT2D eigenvalue weighted by atomic mass is 16.4. The standard InChI is InChI=1S/C20H31N.C3H7NO2/c1-16(8-6-9-17(2)13-15-21)11-12-19-18(3)10-7-14-20(19,4)5;4-2-1-3(5)6/h6,8-9,11-13H,7,10,14-15,21H2,1-5H3;1-2,4H2,(H,5,6). The van der Waals surface area contributed by atoms with Crippen molar-refractivity contribution in [3.8, 4) is 0 Å². The first-order valence-electron chi connectivity index (χ1n) is 9.66. The van der Waals surface area contributed by atoms with Crippen molar-refractivity contribution in [3.63, 3.8) is 0 Å². The van der Waals surface area contributed by atoms with E-state index in [4.69, 9.17) is 16.6 Å². The van der Waals surface area contributed by atoms with Crippen LogP contribution in [0.4, 0.5) is 0 Å². The first-order valence-corrected chi connectivity index (χ1v) is 9.66. The van der Waals surface area contributed by atoms with Crippen molar-refractivity contribution < 1.29 is 9.90 Å². The summed E-state index contributed by atoms with van der Waals surface area (Å²) in [4.78, 5) is 9.52. The van der Waals surface area contributed by atoms with E-state index in [0.717, 1.165) is 0 Å². The first-order chi connectivity index (χ1) is 12.6. The number of hydrogen-bond donors (Lipinski definition) is 3. The van der Waals surface area contributed by atoms with Gasteiger partial charge in [-0.25, -0.2) is 0 Å². The van der Waals surface area contributed by atoms with Crippen LogP contribution in [-0.4, -0.2) is 24.2 Å². The van der Waals surface area contributed by atoms with Gasteiger partial charge < -0.3 is 16.6 Å². The molecule has 0 amide bonds. The van der Waals surface area contributed by atoms with Gasteiger partial charge in [-0.2, -0.15) is 0 Å². The van der Waals surface area contributed by atoms with Crippen LogP contribution in [0.15, 0.2) is 58.7 Å². The zero-order valence-electron chi connectivity index (χ0n) is 17.7. The number of rotatable bonds is 7. The van der Waals surface area contributed by atoms with Crippen molar-refractivity contribution in [2.45, 2.75) is 60.3 Å². The number of nitrogens with two attached hydrogens (primary N) is 2. The van der Waals surface area contributed by atoms with E-state index in [9.17, 15) is 4.79 Å². The number of carboxylic acid groups (broad SMARTS) is 1. The average Bonchev–Trinajstić information content (AvgIpc) is 2.54. The lowest BCUT2D eigenvalue weighted by Gasteiger charge is -2.32. The van der Waals surface area contributed by atoms with Gasteiger partial charge in [0.2, 0.25) is 0 Å². The van der Waals surface area contributed by atoms with E-state index in [1.807, 2.05) is 6.08 Å². The Morgan fingerprint density at radius 2 is 1.85 bits per heavy atom. The predicted octanol–water partition coefficient (Wildman–Crippen LogP) is 4.90. The zero-order chi connectivity index (χ0) is 20.9. The van der Waals surface area contributed by atoms with E-state index in [1.54, 1.807) is 5.57 Å². The van der Waals surface area contributed by atoms with E-state index in [-0.39, 0.29) is 13.0 Å². The molecular formula is C23H38N2O2. The molecule has 1 aliphatic rings. The molecule has 0 spiro atoms. The summed E-state index contributed by atoms with van der Waals surface area (Å²) in [6.07, 6.45) is 16.8. The maximum atomic E-state index is 9.52. The van der Waals surface area contributed by atoms with Crippen molar-refractivity contribution in [1.82, 2.24) is 0 Å². The molecule has 1 rings (SSSR count). The maximum Gasteiger partial charge on any atom is 0.304 e. The van der Waals surface area contributed by atoms with Gasteiger partial charge in [0.15, 0.2) is 0 Å². The molecule has 4 nitrogen and oxygen atoms in total. The van der Waals surface area contributed by atoms with Crippen LogP contribution in [0, 0.1) is 5.41 Å². The Balaban J connectivity index is 0.000000972. The van der Waals surface area contributed by atoms with Crippen LogP contribution in [0.25, 0.3) is 0 Å². The van der Waals surface area contributed by atoms with E-state index >= 15 is 0 Å². The number of aliphatic carboxylic acids is 1. The predicted molar refractivity (Wildman–Crippen MR) is 116 cm³/mol. The Hall–Kier alpha value is -1.91. The quantitative estimate of drug-likeness (QED) is 0.553. The number of carbonyl (C=O) groups is 1. The molecule has 0 aliphatic heterocycles. The summed E-state index contributed by atoms with van der Waals surface area (Å²) < 4.78 is 0. The van der Waals surface area contributed by atoms with Crippen LogP contribution in [0.5, 0.6) is 0 Å². The summed E-state index contributed by atoms with van der Waals surface area (Å²) >= 11 is 0. The normalized spacial score (nSPS) is 18.0. The van der Waals surface area contributed by atoms with Gasteiger partial charge in [0.1, 0.15) is 0 Å². The summed E-state index contributed by atoms with van der Waals surface area (Å²) in [6, 6.07) is 0. The fraction of sp³-hybridized carbons (Fsp3) is 0.522. The minimum atomic E-state index is -0.836. The lowest BCUT2D eigenvalue weighted by molar-refractivity contribution is -0.136. The van der Waals surface area contributed by atoms with E-state index in [1.165, 1.54) is 36.0 Å². The largest absolute Gasteiger partial charge is 0.481 e. The van der Waals surface area contributed by atoms with Gasteiger partial charge in [-0.1, -0.05) is 67.0 Å². The van der Waals surface area contributed by atoms with Crippen LogP contribution >= 0.6 is 0 Å². The van der Waals surface area contributed by atoms with Crippen LogP contribution in [-0.2, 0) is 4.79 Å². The van der Waals surface area contributed by atoms with Gasteiger partial charge in [0.05, 0.1) is 6.42 Å². The smallest absolute Gasteiger partial charge is 0.304 e. The molecule has 0 saturated heterocycles.